The van der Waals surface area contributed by atoms with Crippen LogP contribution >= 0.6 is 0 Å². The summed E-state index contributed by atoms with van der Waals surface area (Å²) in [6.45, 7) is 0. The molecule has 4 N–H and O–H groups in total. The van der Waals surface area contributed by atoms with Crippen LogP contribution in [-0.4, -0.2) is 45.3 Å². The normalized spacial score (nSPS) is 10.7. The van der Waals surface area contributed by atoms with E-state index in [-0.39, 0.29) is 11.4 Å². The van der Waals surface area contributed by atoms with Gasteiger partial charge in [-0.15, -0.1) is 0 Å². The van der Waals surface area contributed by atoms with Gasteiger partial charge in [-0.1, -0.05) is 18.2 Å². The molecule has 0 fully saturated rings. The number of nitrogens with one attached hydrogen (secondary N) is 3. The number of aromatic amines is 1. The molecule has 4 aromatic rings. The third kappa shape index (κ3) is 6.56. The lowest BCUT2D eigenvalue weighted by Crippen LogP contribution is -2.21. The van der Waals surface area contributed by atoms with Crippen LogP contribution in [0.1, 0.15) is 10.4 Å². The molecule has 0 aliphatic rings. The Morgan fingerprint density at radius 2 is 1.77 bits per heavy atom. The standard InChI is InChI=1S/C19H15N5O4.C2HF3O2/c1-27-17(25)13-10-20-18(22-11-5-3-2-4-6-11)24-16(13)21-12-7-8-15-14(9-12)23-19(26)28-15;3-2(4,5)1(6)7/h2-10H,1H3,(H,23,26)(H2,20,21,22,24);(H,6,7). The van der Waals surface area contributed by atoms with Crippen LogP contribution in [0, 0.1) is 0 Å². The molecule has 14 heteroatoms. The van der Waals surface area contributed by atoms with Crippen molar-refractivity contribution in [3.05, 3.63) is 70.8 Å². The second-order valence-electron chi connectivity index (χ2n) is 6.59. The molecule has 0 radical (unpaired) electrons. The number of nitrogens with zero attached hydrogens (tertiary/aromatic N) is 2. The number of H-pyrrole nitrogens is 1. The molecule has 0 saturated heterocycles. The molecule has 0 saturated carbocycles. The maximum atomic E-state index is 12.1. The monoisotopic (exact) mass is 491 g/mol. The number of fused-ring (bicyclic) bond motifs is 1. The van der Waals surface area contributed by atoms with Crippen molar-refractivity contribution in [2.45, 2.75) is 6.18 Å². The van der Waals surface area contributed by atoms with Crippen molar-refractivity contribution in [3.8, 4) is 0 Å². The number of hydrogen-bond donors (Lipinski definition) is 4. The number of oxazole rings is 1. The minimum Gasteiger partial charge on any atom is -0.475 e. The Morgan fingerprint density at radius 3 is 2.40 bits per heavy atom. The van der Waals surface area contributed by atoms with Gasteiger partial charge in [-0.2, -0.15) is 18.2 Å². The number of carbonyl (C=O) groups is 2. The summed E-state index contributed by atoms with van der Waals surface area (Å²) in [5, 5.41) is 13.3. The molecule has 0 unspecified atom stereocenters. The summed E-state index contributed by atoms with van der Waals surface area (Å²) >= 11 is 0. The van der Waals surface area contributed by atoms with E-state index < -0.39 is 23.9 Å². The van der Waals surface area contributed by atoms with Gasteiger partial charge in [0, 0.05) is 17.6 Å². The van der Waals surface area contributed by atoms with Crippen molar-refractivity contribution < 1.29 is 37.0 Å². The highest BCUT2D eigenvalue weighted by molar-refractivity contribution is 5.95. The van der Waals surface area contributed by atoms with Gasteiger partial charge in [0.05, 0.1) is 12.6 Å². The number of aliphatic carboxylic acids is 1. The molecule has 0 aliphatic carbocycles. The molecule has 0 spiro atoms. The van der Waals surface area contributed by atoms with Crippen LogP contribution in [-0.2, 0) is 9.53 Å². The number of benzene rings is 2. The topological polar surface area (TPSA) is 159 Å². The molecule has 0 aliphatic heterocycles. The average molecular weight is 491 g/mol. The molecule has 182 valence electrons. The van der Waals surface area contributed by atoms with Crippen molar-refractivity contribution >= 4 is 46.2 Å². The number of anilines is 4. The van der Waals surface area contributed by atoms with Crippen LogP contribution in [0.2, 0.25) is 0 Å². The van der Waals surface area contributed by atoms with Gasteiger partial charge >= 0.3 is 23.9 Å². The Labute approximate surface area is 193 Å². The van der Waals surface area contributed by atoms with Crippen molar-refractivity contribution in [1.29, 1.82) is 0 Å². The number of carboxylic acid groups (broad SMARTS) is 1. The Hall–Kier alpha value is -4.88. The summed E-state index contributed by atoms with van der Waals surface area (Å²) in [7, 11) is 1.28. The number of hydrogen-bond acceptors (Lipinski definition) is 9. The molecule has 11 nitrogen and oxygen atoms in total. The number of ether oxygens (including phenoxy) is 1. The number of methoxy groups -OCH3 is 1. The molecule has 4 rings (SSSR count). The third-order valence-corrected chi connectivity index (χ3v) is 4.15. The van der Waals surface area contributed by atoms with Crippen molar-refractivity contribution in [3.63, 3.8) is 0 Å². The Balaban J connectivity index is 0.000000429. The predicted molar refractivity (Wildman–Crippen MR) is 117 cm³/mol. The fraction of sp³-hybridized carbons (Fsp3) is 0.0952. The first-order valence-corrected chi connectivity index (χ1v) is 9.54. The lowest BCUT2D eigenvalue weighted by molar-refractivity contribution is -0.192. The van der Waals surface area contributed by atoms with Crippen LogP contribution < -0.4 is 16.4 Å². The quantitative estimate of drug-likeness (QED) is 0.302. The minimum atomic E-state index is -5.08. The second kappa shape index (κ2) is 10.4. The molecule has 0 amide bonds. The summed E-state index contributed by atoms with van der Waals surface area (Å²) in [6, 6.07) is 14.4. The first kappa shape index (κ1) is 24.8. The lowest BCUT2D eigenvalue weighted by Gasteiger charge is -2.12. The molecule has 0 atom stereocenters. The van der Waals surface area contributed by atoms with Gasteiger partial charge in [0.25, 0.3) is 0 Å². The van der Waals surface area contributed by atoms with Gasteiger partial charge in [-0.3, -0.25) is 4.98 Å². The number of halogens is 3. The number of esters is 1. The largest absolute Gasteiger partial charge is 0.490 e. The zero-order chi connectivity index (χ0) is 25.6. The third-order valence-electron chi connectivity index (χ3n) is 4.15. The number of carboxylic acids is 1. The van der Waals surface area contributed by atoms with Gasteiger partial charge in [-0.05, 0) is 30.3 Å². The average Bonchev–Trinajstić information content (AvgIpc) is 3.18. The van der Waals surface area contributed by atoms with Gasteiger partial charge in [0.2, 0.25) is 5.95 Å². The van der Waals surface area contributed by atoms with Gasteiger partial charge < -0.3 is 24.9 Å². The fourth-order valence-corrected chi connectivity index (χ4v) is 2.61. The summed E-state index contributed by atoms with van der Waals surface area (Å²) in [6.07, 6.45) is -3.70. The van der Waals surface area contributed by atoms with Crippen LogP contribution in [0.5, 0.6) is 0 Å². The molecular formula is C21H16F3N5O6. The SMILES string of the molecule is COC(=O)c1cnc(Nc2ccccc2)nc1Nc1ccc2oc(=O)[nH]c2c1.O=C(O)C(F)(F)F. The lowest BCUT2D eigenvalue weighted by atomic mass is 10.2. The van der Waals surface area contributed by atoms with E-state index in [0.717, 1.165) is 5.69 Å². The highest BCUT2D eigenvalue weighted by atomic mass is 19.4. The number of para-hydroxylation sites is 1. The van der Waals surface area contributed by atoms with Gasteiger partial charge in [0.15, 0.2) is 11.4 Å². The van der Waals surface area contributed by atoms with E-state index >= 15 is 0 Å². The molecule has 2 heterocycles. The number of rotatable bonds is 5. The molecule has 2 aromatic carbocycles. The second-order valence-corrected chi connectivity index (χ2v) is 6.59. The maximum Gasteiger partial charge on any atom is 0.490 e. The van der Waals surface area contributed by atoms with E-state index in [1.54, 1.807) is 18.2 Å². The zero-order valence-corrected chi connectivity index (χ0v) is 17.7. The van der Waals surface area contributed by atoms with E-state index in [0.29, 0.717) is 22.7 Å². The molecule has 2 aromatic heterocycles. The van der Waals surface area contributed by atoms with E-state index in [4.69, 9.17) is 19.1 Å². The van der Waals surface area contributed by atoms with E-state index in [2.05, 4.69) is 25.6 Å². The molecule has 35 heavy (non-hydrogen) atoms. The predicted octanol–water partition coefficient (Wildman–Crippen LogP) is 3.82. The molecule has 0 bridgehead atoms. The van der Waals surface area contributed by atoms with E-state index in [1.807, 2.05) is 30.3 Å². The van der Waals surface area contributed by atoms with Crippen LogP contribution in [0.25, 0.3) is 11.1 Å². The molecular weight excluding hydrogens is 475 g/mol. The first-order valence-electron chi connectivity index (χ1n) is 9.54. The summed E-state index contributed by atoms with van der Waals surface area (Å²) in [5.41, 5.74) is 2.52. The first-order chi connectivity index (χ1) is 16.6. The van der Waals surface area contributed by atoms with Crippen molar-refractivity contribution in [2.24, 2.45) is 0 Å². The summed E-state index contributed by atoms with van der Waals surface area (Å²) in [5.74, 6) is -3.32. The summed E-state index contributed by atoms with van der Waals surface area (Å²) in [4.78, 5) is 43.4. The van der Waals surface area contributed by atoms with Crippen molar-refractivity contribution in [1.82, 2.24) is 15.0 Å². The fourth-order valence-electron chi connectivity index (χ4n) is 2.61. The number of carbonyl (C=O) groups excluding carboxylic acids is 1. The van der Waals surface area contributed by atoms with Crippen LogP contribution in [0.4, 0.5) is 36.3 Å². The van der Waals surface area contributed by atoms with Crippen LogP contribution in [0.15, 0.2) is 63.9 Å². The Kier molecular flexibility index (Phi) is 7.34. The van der Waals surface area contributed by atoms with E-state index in [1.165, 1.54) is 13.3 Å². The number of aromatic nitrogens is 3. The van der Waals surface area contributed by atoms with Crippen molar-refractivity contribution in [2.75, 3.05) is 17.7 Å². The Morgan fingerprint density at radius 1 is 1.09 bits per heavy atom. The smallest absolute Gasteiger partial charge is 0.475 e. The van der Waals surface area contributed by atoms with E-state index in [9.17, 15) is 22.8 Å². The number of alkyl halides is 3. The summed E-state index contributed by atoms with van der Waals surface area (Å²) < 4.78 is 41.5. The maximum absolute atomic E-state index is 12.1. The van der Waals surface area contributed by atoms with Gasteiger partial charge in [0.1, 0.15) is 5.56 Å². The zero-order valence-electron chi connectivity index (χ0n) is 17.7. The highest BCUT2D eigenvalue weighted by Gasteiger charge is 2.38. The van der Waals surface area contributed by atoms with Crippen LogP contribution in [0.3, 0.4) is 0 Å². The highest BCUT2D eigenvalue weighted by Crippen LogP contribution is 2.24. The van der Waals surface area contributed by atoms with Gasteiger partial charge in [-0.25, -0.2) is 19.4 Å². The Bertz CT molecular complexity index is 1400. The minimum absolute atomic E-state index is 0.168.